The van der Waals surface area contributed by atoms with E-state index in [4.69, 9.17) is 10.3 Å². The molecule has 0 radical (unpaired) electrons. The van der Waals surface area contributed by atoms with Crippen molar-refractivity contribution in [3.63, 3.8) is 0 Å². The summed E-state index contributed by atoms with van der Waals surface area (Å²) in [6.07, 6.45) is 4.50. The Morgan fingerprint density at radius 3 is 2.90 bits per heavy atom. The van der Waals surface area contributed by atoms with Crippen molar-refractivity contribution in [2.45, 2.75) is 17.0 Å². The SMILES string of the molecule is Cc1occc1Sc1nc(NN)nc(-n2cncn2)n1. The van der Waals surface area contributed by atoms with Gasteiger partial charge in [0.15, 0.2) is 5.16 Å². The Morgan fingerprint density at radius 1 is 1.35 bits per heavy atom. The summed E-state index contributed by atoms with van der Waals surface area (Å²) < 4.78 is 6.66. The maximum absolute atomic E-state index is 5.37. The van der Waals surface area contributed by atoms with Gasteiger partial charge >= 0.3 is 0 Å². The Labute approximate surface area is 117 Å². The van der Waals surface area contributed by atoms with E-state index in [9.17, 15) is 0 Å². The predicted molar refractivity (Wildman–Crippen MR) is 70.1 cm³/mol. The number of nitrogens with two attached hydrogens (primary N) is 1. The standard InChI is InChI=1S/C10H10N8OS/c1-6-7(2-3-19-6)20-10-15-8(17-11)14-9(16-10)18-5-12-4-13-18/h2-5H,11H2,1H3,(H,14,15,16,17). The van der Waals surface area contributed by atoms with Gasteiger partial charge in [-0.1, -0.05) is 0 Å². The Morgan fingerprint density at radius 2 is 2.25 bits per heavy atom. The number of aromatic nitrogens is 6. The van der Waals surface area contributed by atoms with Crippen molar-refractivity contribution in [1.82, 2.24) is 29.7 Å². The summed E-state index contributed by atoms with van der Waals surface area (Å²) in [5, 5.41) is 4.45. The van der Waals surface area contributed by atoms with Crippen LogP contribution in [0, 0.1) is 6.92 Å². The Bertz CT molecular complexity index is 710. The molecule has 3 N–H and O–H groups in total. The molecular formula is C10H10N8OS. The molecule has 0 spiro atoms. The quantitative estimate of drug-likeness (QED) is 0.530. The van der Waals surface area contributed by atoms with Crippen molar-refractivity contribution in [3.05, 3.63) is 30.7 Å². The fourth-order valence-electron chi connectivity index (χ4n) is 1.45. The average molecular weight is 290 g/mol. The number of anilines is 1. The van der Waals surface area contributed by atoms with Crippen molar-refractivity contribution in [1.29, 1.82) is 0 Å². The van der Waals surface area contributed by atoms with E-state index in [2.05, 4.69) is 30.5 Å². The third kappa shape index (κ3) is 2.46. The summed E-state index contributed by atoms with van der Waals surface area (Å²) >= 11 is 1.35. The third-order valence-corrected chi connectivity index (χ3v) is 3.38. The highest BCUT2D eigenvalue weighted by molar-refractivity contribution is 7.99. The van der Waals surface area contributed by atoms with Gasteiger partial charge in [-0.25, -0.2) is 10.8 Å². The first kappa shape index (κ1) is 12.6. The van der Waals surface area contributed by atoms with E-state index >= 15 is 0 Å². The van der Waals surface area contributed by atoms with Crippen LogP contribution in [0.4, 0.5) is 5.95 Å². The number of hydrazine groups is 1. The predicted octanol–water partition coefficient (Wildman–Crippen LogP) is 0.791. The second-order valence-corrected chi connectivity index (χ2v) is 4.68. The average Bonchev–Trinajstić information content (AvgIpc) is 3.11. The van der Waals surface area contributed by atoms with Crippen molar-refractivity contribution in [2.75, 3.05) is 5.43 Å². The molecule has 3 heterocycles. The minimum atomic E-state index is 0.245. The number of nitrogen functional groups attached to an aromatic ring is 1. The van der Waals surface area contributed by atoms with E-state index in [0.717, 1.165) is 10.7 Å². The molecule has 0 bridgehead atoms. The van der Waals surface area contributed by atoms with Gasteiger partial charge in [-0.15, -0.1) is 0 Å². The summed E-state index contributed by atoms with van der Waals surface area (Å²) in [5.41, 5.74) is 2.40. The molecule has 3 rings (SSSR count). The molecule has 0 saturated heterocycles. The van der Waals surface area contributed by atoms with E-state index in [1.54, 1.807) is 6.26 Å². The molecule has 0 fully saturated rings. The summed E-state index contributed by atoms with van der Waals surface area (Å²) in [6.45, 7) is 1.87. The summed E-state index contributed by atoms with van der Waals surface area (Å²) in [5.74, 6) is 6.73. The molecular weight excluding hydrogens is 280 g/mol. The zero-order chi connectivity index (χ0) is 13.9. The second kappa shape index (κ2) is 5.27. The fraction of sp³-hybridized carbons (Fsp3) is 0.100. The normalized spacial score (nSPS) is 10.7. The smallest absolute Gasteiger partial charge is 0.257 e. The Balaban J connectivity index is 1.98. The molecule has 20 heavy (non-hydrogen) atoms. The molecule has 0 aliphatic carbocycles. The minimum absolute atomic E-state index is 0.245. The molecule has 0 atom stereocenters. The third-order valence-electron chi connectivity index (χ3n) is 2.37. The van der Waals surface area contributed by atoms with Gasteiger partial charge in [0.2, 0.25) is 5.95 Å². The molecule has 0 aliphatic rings. The first-order chi connectivity index (χ1) is 9.76. The Hall–Kier alpha value is -2.46. The van der Waals surface area contributed by atoms with Gasteiger partial charge < -0.3 is 4.42 Å². The van der Waals surface area contributed by atoms with Crippen LogP contribution >= 0.6 is 11.8 Å². The zero-order valence-electron chi connectivity index (χ0n) is 10.4. The van der Waals surface area contributed by atoms with Crippen LogP contribution in [0.5, 0.6) is 0 Å². The van der Waals surface area contributed by atoms with Crippen molar-refractivity contribution < 1.29 is 4.42 Å². The number of furan rings is 1. The van der Waals surface area contributed by atoms with Gasteiger partial charge in [-0.3, -0.25) is 5.43 Å². The lowest BCUT2D eigenvalue weighted by Crippen LogP contribution is -2.14. The highest BCUT2D eigenvalue weighted by Crippen LogP contribution is 2.28. The maximum Gasteiger partial charge on any atom is 0.257 e. The van der Waals surface area contributed by atoms with Crippen LogP contribution in [0.2, 0.25) is 0 Å². The first-order valence-electron chi connectivity index (χ1n) is 5.56. The monoisotopic (exact) mass is 290 g/mol. The van der Waals surface area contributed by atoms with Crippen LogP contribution < -0.4 is 11.3 Å². The highest BCUT2D eigenvalue weighted by atomic mass is 32.2. The molecule has 0 aliphatic heterocycles. The van der Waals surface area contributed by atoms with Gasteiger partial charge in [0.25, 0.3) is 5.95 Å². The summed E-state index contributed by atoms with van der Waals surface area (Å²) in [6, 6.07) is 1.84. The molecule has 0 amide bonds. The highest BCUT2D eigenvalue weighted by Gasteiger charge is 2.11. The number of aryl methyl sites for hydroxylation is 1. The Kier molecular flexibility index (Phi) is 3.31. The van der Waals surface area contributed by atoms with Gasteiger partial charge in [0.1, 0.15) is 18.4 Å². The van der Waals surface area contributed by atoms with Crippen molar-refractivity contribution in [2.24, 2.45) is 5.84 Å². The molecule has 0 aromatic carbocycles. The van der Waals surface area contributed by atoms with Crippen molar-refractivity contribution >= 4 is 17.7 Å². The molecule has 0 saturated carbocycles. The van der Waals surface area contributed by atoms with E-state index in [0.29, 0.717) is 11.1 Å². The maximum atomic E-state index is 5.37. The van der Waals surface area contributed by atoms with Crippen LogP contribution in [-0.4, -0.2) is 29.7 Å². The summed E-state index contributed by atoms with van der Waals surface area (Å²) in [7, 11) is 0. The zero-order valence-corrected chi connectivity index (χ0v) is 11.2. The van der Waals surface area contributed by atoms with Gasteiger partial charge in [0.05, 0.1) is 11.2 Å². The lowest BCUT2D eigenvalue weighted by molar-refractivity contribution is 0.527. The van der Waals surface area contributed by atoms with E-state index < -0.39 is 0 Å². The van der Waals surface area contributed by atoms with E-state index in [1.165, 1.54) is 29.1 Å². The molecule has 0 unspecified atom stereocenters. The number of nitrogens with zero attached hydrogens (tertiary/aromatic N) is 6. The largest absolute Gasteiger partial charge is 0.468 e. The minimum Gasteiger partial charge on any atom is -0.468 e. The van der Waals surface area contributed by atoms with Crippen LogP contribution in [-0.2, 0) is 0 Å². The molecule has 3 aromatic heterocycles. The molecule has 3 aromatic rings. The van der Waals surface area contributed by atoms with Crippen molar-refractivity contribution in [3.8, 4) is 5.95 Å². The van der Waals surface area contributed by atoms with Gasteiger partial charge in [-0.2, -0.15) is 24.7 Å². The number of hydrogen-bond acceptors (Lipinski definition) is 9. The van der Waals surface area contributed by atoms with Crippen LogP contribution in [0.25, 0.3) is 5.95 Å². The van der Waals surface area contributed by atoms with Crippen LogP contribution in [0.1, 0.15) is 5.76 Å². The number of nitrogens with one attached hydrogen (secondary N) is 1. The summed E-state index contributed by atoms with van der Waals surface area (Å²) in [4.78, 5) is 17.4. The number of rotatable bonds is 4. The van der Waals surface area contributed by atoms with Gasteiger partial charge in [0, 0.05) is 0 Å². The van der Waals surface area contributed by atoms with E-state index in [1.807, 2.05) is 13.0 Å². The van der Waals surface area contributed by atoms with Gasteiger partial charge in [-0.05, 0) is 24.8 Å². The lowest BCUT2D eigenvalue weighted by Gasteiger charge is -2.05. The first-order valence-corrected chi connectivity index (χ1v) is 6.37. The van der Waals surface area contributed by atoms with Crippen LogP contribution in [0.15, 0.2) is 39.5 Å². The number of hydrogen-bond donors (Lipinski definition) is 2. The molecule has 102 valence electrons. The second-order valence-electron chi connectivity index (χ2n) is 3.67. The lowest BCUT2D eigenvalue weighted by atomic mass is 10.5. The fourth-order valence-corrected chi connectivity index (χ4v) is 2.22. The van der Waals surface area contributed by atoms with Crippen LogP contribution in [0.3, 0.4) is 0 Å². The molecule has 9 nitrogen and oxygen atoms in total. The topological polar surface area (TPSA) is 121 Å². The van der Waals surface area contributed by atoms with E-state index in [-0.39, 0.29) is 5.95 Å². The molecule has 10 heteroatoms.